The van der Waals surface area contributed by atoms with Crippen LogP contribution in [0.25, 0.3) is 0 Å². The molecule has 3 nitrogen and oxygen atoms in total. The maximum Gasteiger partial charge on any atom is 0.0558 e. The number of β-amino-alcohol motifs (C(OH)–C–C–N with tert-alkyl or cyclic N) is 1. The van der Waals surface area contributed by atoms with Crippen molar-refractivity contribution in [2.45, 2.75) is 38.1 Å². The Morgan fingerprint density at radius 2 is 1.80 bits per heavy atom. The third-order valence-electron chi connectivity index (χ3n) is 3.80. The Balaban J connectivity index is 1.80. The molecule has 2 heterocycles. The van der Waals surface area contributed by atoms with Gasteiger partial charge in [-0.3, -0.25) is 9.80 Å². The summed E-state index contributed by atoms with van der Waals surface area (Å²) >= 11 is 0. The van der Waals surface area contributed by atoms with E-state index in [-0.39, 0.29) is 0 Å². The summed E-state index contributed by atoms with van der Waals surface area (Å²) in [6.45, 7) is 6.15. The summed E-state index contributed by atoms with van der Waals surface area (Å²) in [5.74, 6) is 0. The molecule has 0 radical (unpaired) electrons. The fourth-order valence-corrected chi connectivity index (χ4v) is 2.96. The monoisotopic (exact) mass is 212 g/mol. The van der Waals surface area contributed by atoms with E-state index < -0.39 is 0 Å². The predicted octanol–water partition coefficient (Wildman–Crippen LogP) is 0.929. The largest absolute Gasteiger partial charge is 0.395 e. The number of nitrogens with zero attached hydrogens (tertiary/aromatic N) is 2. The molecule has 2 saturated heterocycles. The van der Waals surface area contributed by atoms with Gasteiger partial charge in [0.05, 0.1) is 6.61 Å². The van der Waals surface area contributed by atoms with E-state index in [1.165, 1.54) is 58.3 Å². The number of aliphatic hydroxyl groups excluding tert-OH is 1. The smallest absolute Gasteiger partial charge is 0.0558 e. The molecule has 0 aromatic rings. The summed E-state index contributed by atoms with van der Waals surface area (Å²) in [6.07, 6.45) is 6.86. The highest BCUT2D eigenvalue weighted by Gasteiger charge is 2.25. The Kier molecular flexibility index (Phi) is 4.42. The molecule has 2 aliphatic heterocycles. The molecule has 0 saturated carbocycles. The van der Waals surface area contributed by atoms with Crippen molar-refractivity contribution >= 4 is 0 Å². The molecule has 1 atom stereocenters. The Hall–Kier alpha value is -0.120. The minimum atomic E-state index is 0.312. The van der Waals surface area contributed by atoms with Gasteiger partial charge in [0.1, 0.15) is 0 Å². The van der Waals surface area contributed by atoms with Gasteiger partial charge in [-0.15, -0.1) is 0 Å². The lowest BCUT2D eigenvalue weighted by atomic mass is 10.0. The van der Waals surface area contributed by atoms with E-state index in [4.69, 9.17) is 5.11 Å². The summed E-state index contributed by atoms with van der Waals surface area (Å²) in [6, 6.07) is 0.769. The van der Waals surface area contributed by atoms with E-state index in [2.05, 4.69) is 9.80 Å². The van der Waals surface area contributed by atoms with Gasteiger partial charge in [-0.1, -0.05) is 6.42 Å². The highest BCUT2D eigenvalue weighted by Crippen LogP contribution is 2.19. The maximum absolute atomic E-state index is 8.96. The number of piperidine rings is 2. The van der Waals surface area contributed by atoms with Gasteiger partial charge < -0.3 is 5.11 Å². The average molecular weight is 212 g/mol. The van der Waals surface area contributed by atoms with Gasteiger partial charge in [0, 0.05) is 19.1 Å². The molecule has 0 spiro atoms. The van der Waals surface area contributed by atoms with Gasteiger partial charge in [-0.2, -0.15) is 0 Å². The van der Waals surface area contributed by atoms with Gasteiger partial charge in [0.15, 0.2) is 0 Å². The second kappa shape index (κ2) is 5.83. The fraction of sp³-hybridized carbons (Fsp3) is 1.00. The molecule has 0 aromatic heterocycles. The predicted molar refractivity (Wildman–Crippen MR) is 62.0 cm³/mol. The molecular weight excluding hydrogens is 188 g/mol. The SMILES string of the molecule is OCCN1CCCC(N2CCCCC2)C1. The van der Waals surface area contributed by atoms with Crippen LogP contribution in [0.2, 0.25) is 0 Å². The standard InChI is InChI=1S/C12H24N2O/c15-10-9-13-6-4-5-12(11-13)14-7-2-1-3-8-14/h12,15H,1-11H2. The van der Waals surface area contributed by atoms with E-state index in [0.29, 0.717) is 6.61 Å². The zero-order valence-electron chi connectivity index (χ0n) is 9.70. The van der Waals surface area contributed by atoms with Crippen LogP contribution in [-0.2, 0) is 0 Å². The summed E-state index contributed by atoms with van der Waals surface area (Å²) in [5, 5.41) is 8.96. The van der Waals surface area contributed by atoms with E-state index >= 15 is 0 Å². The lowest BCUT2D eigenvalue weighted by molar-refractivity contribution is 0.0732. The van der Waals surface area contributed by atoms with Crippen LogP contribution >= 0.6 is 0 Å². The zero-order chi connectivity index (χ0) is 10.5. The molecule has 0 bridgehead atoms. The number of hydrogen-bond acceptors (Lipinski definition) is 3. The molecule has 88 valence electrons. The van der Waals surface area contributed by atoms with Crippen molar-refractivity contribution in [2.75, 3.05) is 39.3 Å². The Labute approximate surface area is 93.1 Å². The minimum absolute atomic E-state index is 0.312. The normalized spacial score (nSPS) is 30.6. The number of likely N-dealkylation sites (tertiary alicyclic amines) is 2. The minimum Gasteiger partial charge on any atom is -0.395 e. The summed E-state index contributed by atoms with van der Waals surface area (Å²) in [4.78, 5) is 5.09. The molecule has 2 fully saturated rings. The van der Waals surface area contributed by atoms with Gasteiger partial charge in [-0.25, -0.2) is 0 Å². The lowest BCUT2D eigenvalue weighted by Crippen LogP contribution is -2.50. The van der Waals surface area contributed by atoms with Crippen molar-refractivity contribution in [3.63, 3.8) is 0 Å². The van der Waals surface area contributed by atoms with Gasteiger partial charge in [0.2, 0.25) is 0 Å². The van der Waals surface area contributed by atoms with Crippen molar-refractivity contribution in [2.24, 2.45) is 0 Å². The molecule has 15 heavy (non-hydrogen) atoms. The number of aliphatic hydroxyl groups is 1. The number of rotatable bonds is 3. The lowest BCUT2D eigenvalue weighted by Gasteiger charge is -2.40. The van der Waals surface area contributed by atoms with Crippen LogP contribution in [0.1, 0.15) is 32.1 Å². The van der Waals surface area contributed by atoms with Crippen molar-refractivity contribution in [1.82, 2.24) is 9.80 Å². The van der Waals surface area contributed by atoms with Crippen LogP contribution in [0.4, 0.5) is 0 Å². The van der Waals surface area contributed by atoms with Crippen molar-refractivity contribution in [3.8, 4) is 0 Å². The summed E-state index contributed by atoms with van der Waals surface area (Å²) in [7, 11) is 0. The average Bonchev–Trinajstić information content (AvgIpc) is 2.31. The first kappa shape index (κ1) is 11.4. The second-order valence-corrected chi connectivity index (χ2v) is 4.92. The molecule has 0 amide bonds. The van der Waals surface area contributed by atoms with Crippen LogP contribution < -0.4 is 0 Å². The van der Waals surface area contributed by atoms with Gasteiger partial charge in [-0.05, 0) is 45.3 Å². The fourth-order valence-electron chi connectivity index (χ4n) is 2.96. The first-order valence-corrected chi connectivity index (χ1v) is 6.47. The van der Waals surface area contributed by atoms with E-state index in [1.807, 2.05) is 0 Å². The summed E-state index contributed by atoms with van der Waals surface area (Å²) in [5.41, 5.74) is 0. The third kappa shape index (κ3) is 3.16. The van der Waals surface area contributed by atoms with Crippen LogP contribution in [0, 0.1) is 0 Å². The molecule has 1 N–H and O–H groups in total. The van der Waals surface area contributed by atoms with Crippen LogP contribution in [0.3, 0.4) is 0 Å². The van der Waals surface area contributed by atoms with Crippen LogP contribution in [0.15, 0.2) is 0 Å². The molecule has 2 aliphatic rings. The highest BCUT2D eigenvalue weighted by atomic mass is 16.3. The van der Waals surface area contributed by atoms with Crippen molar-refractivity contribution in [3.05, 3.63) is 0 Å². The van der Waals surface area contributed by atoms with Crippen molar-refractivity contribution < 1.29 is 5.11 Å². The van der Waals surface area contributed by atoms with E-state index in [9.17, 15) is 0 Å². The first-order valence-electron chi connectivity index (χ1n) is 6.47. The Morgan fingerprint density at radius 3 is 2.53 bits per heavy atom. The number of hydrogen-bond donors (Lipinski definition) is 1. The van der Waals surface area contributed by atoms with E-state index in [1.54, 1.807) is 0 Å². The molecule has 1 unspecified atom stereocenters. The first-order chi connectivity index (χ1) is 7.40. The van der Waals surface area contributed by atoms with Crippen molar-refractivity contribution in [1.29, 1.82) is 0 Å². The van der Waals surface area contributed by atoms with Gasteiger partial charge in [0.25, 0.3) is 0 Å². The topological polar surface area (TPSA) is 26.7 Å². The van der Waals surface area contributed by atoms with E-state index in [0.717, 1.165) is 12.6 Å². The molecular formula is C12H24N2O. The molecule has 3 heteroatoms. The summed E-state index contributed by atoms with van der Waals surface area (Å²) < 4.78 is 0. The highest BCUT2D eigenvalue weighted by molar-refractivity contribution is 4.82. The van der Waals surface area contributed by atoms with Gasteiger partial charge >= 0.3 is 0 Å². The maximum atomic E-state index is 8.96. The zero-order valence-corrected chi connectivity index (χ0v) is 9.70. The Bertz CT molecular complexity index is 178. The molecule has 0 aromatic carbocycles. The third-order valence-corrected chi connectivity index (χ3v) is 3.80. The Morgan fingerprint density at radius 1 is 1.00 bits per heavy atom. The van der Waals surface area contributed by atoms with Crippen LogP contribution in [-0.4, -0.2) is 60.3 Å². The molecule has 0 aliphatic carbocycles. The quantitative estimate of drug-likeness (QED) is 0.754. The molecule has 2 rings (SSSR count). The van der Waals surface area contributed by atoms with Crippen LogP contribution in [0.5, 0.6) is 0 Å². The second-order valence-electron chi connectivity index (χ2n) is 4.92.